The molecule has 0 aliphatic heterocycles. The van der Waals surface area contributed by atoms with Crippen LogP contribution >= 0.6 is 0 Å². The summed E-state index contributed by atoms with van der Waals surface area (Å²) in [6.07, 6.45) is 5.79. The quantitative estimate of drug-likeness (QED) is 0.552. The molecule has 0 bridgehead atoms. The van der Waals surface area contributed by atoms with Gasteiger partial charge in [0.15, 0.2) is 0 Å². The number of benzene rings is 2. The number of rotatable bonds is 7. The first-order chi connectivity index (χ1) is 16.5. The maximum absolute atomic E-state index is 12.6. The molecular weight excluding hydrogens is 426 g/mol. The van der Waals surface area contributed by atoms with Crippen molar-refractivity contribution in [2.24, 2.45) is 5.41 Å². The lowest BCUT2D eigenvalue weighted by atomic mass is 9.82. The van der Waals surface area contributed by atoms with Crippen LogP contribution in [0, 0.1) is 5.41 Å². The number of amides is 1. The van der Waals surface area contributed by atoms with E-state index in [2.05, 4.69) is 16.7 Å². The van der Waals surface area contributed by atoms with Gasteiger partial charge < -0.3 is 20.3 Å². The summed E-state index contributed by atoms with van der Waals surface area (Å²) in [6.45, 7) is 0. The Labute approximate surface area is 200 Å². The summed E-state index contributed by atoms with van der Waals surface area (Å²) < 4.78 is 5.26. The molecule has 2 aromatic carbocycles. The molecule has 34 heavy (non-hydrogen) atoms. The van der Waals surface area contributed by atoms with Crippen LogP contribution in [0.1, 0.15) is 37.7 Å². The van der Waals surface area contributed by atoms with Gasteiger partial charge in [0.2, 0.25) is 11.9 Å². The van der Waals surface area contributed by atoms with Gasteiger partial charge >= 0.3 is 0 Å². The number of ether oxygens (including phenoxy) is 1. The number of nitrogens with zero attached hydrogens (tertiary/aromatic N) is 3. The second-order valence-corrected chi connectivity index (χ2v) is 9.92. The van der Waals surface area contributed by atoms with E-state index in [-0.39, 0.29) is 11.9 Å². The number of hydrogen-bond donors (Lipinski definition) is 2. The molecule has 1 heterocycles. The summed E-state index contributed by atoms with van der Waals surface area (Å²) in [5.74, 6) is 2.51. The van der Waals surface area contributed by atoms with Crippen LogP contribution in [-0.2, 0) is 11.2 Å². The normalized spacial score (nSPS) is 23.5. The minimum atomic E-state index is 0.0838. The van der Waals surface area contributed by atoms with E-state index in [1.807, 2.05) is 61.5 Å². The van der Waals surface area contributed by atoms with E-state index in [0.29, 0.717) is 23.8 Å². The Morgan fingerprint density at radius 1 is 1.12 bits per heavy atom. The summed E-state index contributed by atoms with van der Waals surface area (Å²) >= 11 is 0. The van der Waals surface area contributed by atoms with E-state index in [1.54, 1.807) is 7.11 Å². The van der Waals surface area contributed by atoms with Gasteiger partial charge in [-0.1, -0.05) is 24.3 Å². The SMILES string of the molecule is COc1cccc(CC(=O)NC2CCC3(CC2)CC3Nc2nc(N(C)C)c3ccccc3n2)c1. The van der Waals surface area contributed by atoms with E-state index in [4.69, 9.17) is 14.7 Å². The fourth-order valence-electron chi connectivity index (χ4n) is 5.31. The molecule has 1 unspecified atom stereocenters. The molecule has 0 radical (unpaired) electrons. The minimum Gasteiger partial charge on any atom is -0.497 e. The molecule has 5 rings (SSSR count). The number of methoxy groups -OCH3 is 1. The van der Waals surface area contributed by atoms with Gasteiger partial charge in [-0.25, -0.2) is 4.98 Å². The third-order valence-electron chi connectivity index (χ3n) is 7.35. The first kappa shape index (κ1) is 22.4. The number of para-hydroxylation sites is 1. The third kappa shape index (κ3) is 4.65. The van der Waals surface area contributed by atoms with Crippen molar-refractivity contribution in [3.8, 4) is 5.75 Å². The molecular formula is C27H33N5O2. The Morgan fingerprint density at radius 3 is 2.68 bits per heavy atom. The van der Waals surface area contributed by atoms with E-state index < -0.39 is 0 Å². The highest BCUT2D eigenvalue weighted by atomic mass is 16.5. The predicted octanol–water partition coefficient (Wildman–Crippen LogP) is 4.18. The van der Waals surface area contributed by atoms with Gasteiger partial charge in [-0.2, -0.15) is 4.98 Å². The highest BCUT2D eigenvalue weighted by Gasteiger charge is 2.55. The molecule has 2 aliphatic carbocycles. The van der Waals surface area contributed by atoms with Crippen LogP contribution in [0.3, 0.4) is 0 Å². The lowest BCUT2D eigenvalue weighted by molar-refractivity contribution is -0.121. The Bertz CT molecular complexity index is 1190. The van der Waals surface area contributed by atoms with Crippen LogP contribution in [0.25, 0.3) is 10.9 Å². The zero-order valence-corrected chi connectivity index (χ0v) is 20.2. The lowest BCUT2D eigenvalue weighted by Gasteiger charge is -2.30. The predicted molar refractivity (Wildman–Crippen MR) is 135 cm³/mol. The van der Waals surface area contributed by atoms with Crippen molar-refractivity contribution >= 4 is 28.6 Å². The molecule has 178 valence electrons. The summed E-state index contributed by atoms with van der Waals surface area (Å²) in [5, 5.41) is 7.92. The highest BCUT2D eigenvalue weighted by Crippen LogP contribution is 2.57. The fraction of sp³-hybridized carbons (Fsp3) is 0.444. The van der Waals surface area contributed by atoms with Crippen LogP contribution < -0.4 is 20.3 Å². The second-order valence-electron chi connectivity index (χ2n) is 9.92. The van der Waals surface area contributed by atoms with E-state index in [9.17, 15) is 4.79 Å². The molecule has 2 fully saturated rings. The Balaban J connectivity index is 1.16. The molecule has 7 nitrogen and oxygen atoms in total. The monoisotopic (exact) mass is 459 g/mol. The van der Waals surface area contributed by atoms with Crippen LogP contribution in [0.4, 0.5) is 11.8 Å². The Morgan fingerprint density at radius 2 is 1.91 bits per heavy atom. The number of aromatic nitrogens is 2. The maximum atomic E-state index is 12.6. The van der Waals surface area contributed by atoms with Crippen molar-refractivity contribution in [3.05, 3.63) is 54.1 Å². The molecule has 2 aliphatic rings. The second kappa shape index (κ2) is 9.12. The summed E-state index contributed by atoms with van der Waals surface area (Å²) in [5.41, 5.74) is 2.24. The van der Waals surface area contributed by atoms with Crippen molar-refractivity contribution < 1.29 is 9.53 Å². The molecule has 1 atom stereocenters. The number of carbonyl (C=O) groups excluding carboxylic acids is 1. The molecule has 2 saturated carbocycles. The first-order valence-corrected chi connectivity index (χ1v) is 12.1. The van der Waals surface area contributed by atoms with Crippen LogP contribution in [0.5, 0.6) is 5.75 Å². The van der Waals surface area contributed by atoms with Gasteiger partial charge in [0, 0.05) is 31.6 Å². The van der Waals surface area contributed by atoms with Crippen LogP contribution in [0.15, 0.2) is 48.5 Å². The van der Waals surface area contributed by atoms with E-state index in [1.165, 1.54) is 0 Å². The molecule has 1 spiro atoms. The summed E-state index contributed by atoms with van der Waals surface area (Å²) in [4.78, 5) is 24.2. The third-order valence-corrected chi connectivity index (χ3v) is 7.35. The number of nitrogens with one attached hydrogen (secondary N) is 2. The molecule has 0 saturated heterocycles. The van der Waals surface area contributed by atoms with E-state index in [0.717, 1.165) is 60.1 Å². The lowest BCUT2D eigenvalue weighted by Crippen LogP contribution is -2.39. The van der Waals surface area contributed by atoms with Gasteiger partial charge in [0.05, 0.1) is 19.0 Å². The van der Waals surface area contributed by atoms with Gasteiger partial charge in [0.1, 0.15) is 11.6 Å². The summed E-state index contributed by atoms with van der Waals surface area (Å²) in [7, 11) is 5.67. The molecule has 1 aromatic heterocycles. The number of fused-ring (bicyclic) bond motifs is 1. The van der Waals surface area contributed by atoms with E-state index >= 15 is 0 Å². The van der Waals surface area contributed by atoms with Gasteiger partial charge in [-0.15, -0.1) is 0 Å². The highest BCUT2D eigenvalue weighted by molar-refractivity contribution is 5.90. The number of anilines is 2. The average molecular weight is 460 g/mol. The van der Waals surface area contributed by atoms with Gasteiger partial charge in [-0.05, 0) is 67.3 Å². The standard InChI is InChI=1S/C27H33N5O2/c1-32(2)25-21-9-4-5-10-22(21)29-26(31-25)30-23-17-27(23)13-11-19(12-14-27)28-24(33)16-18-7-6-8-20(15-18)34-3/h4-10,15,19,23H,11-14,16-17H2,1-3H3,(H,28,33)(H,29,30,31). The first-order valence-electron chi connectivity index (χ1n) is 12.1. The van der Waals surface area contributed by atoms with Gasteiger partial charge in [0.25, 0.3) is 0 Å². The molecule has 2 N–H and O–H groups in total. The fourth-order valence-corrected chi connectivity index (χ4v) is 5.31. The maximum Gasteiger partial charge on any atom is 0.225 e. The molecule has 1 amide bonds. The minimum absolute atomic E-state index is 0.0838. The zero-order chi connectivity index (χ0) is 23.7. The Hall–Kier alpha value is -3.35. The molecule has 3 aromatic rings. The van der Waals surface area contributed by atoms with Crippen molar-refractivity contribution in [1.82, 2.24) is 15.3 Å². The zero-order valence-electron chi connectivity index (χ0n) is 20.2. The topological polar surface area (TPSA) is 79.4 Å². The van der Waals surface area contributed by atoms with Crippen molar-refractivity contribution in [2.45, 2.75) is 50.6 Å². The van der Waals surface area contributed by atoms with Crippen LogP contribution in [0.2, 0.25) is 0 Å². The average Bonchev–Trinajstić information content (AvgIpc) is 3.50. The molecule has 7 heteroatoms. The summed E-state index contributed by atoms with van der Waals surface area (Å²) in [6, 6.07) is 16.5. The van der Waals surface area contributed by atoms with Crippen molar-refractivity contribution in [2.75, 3.05) is 31.4 Å². The Kier molecular flexibility index (Phi) is 6.02. The number of hydrogen-bond acceptors (Lipinski definition) is 6. The van der Waals surface area contributed by atoms with Crippen molar-refractivity contribution in [1.29, 1.82) is 0 Å². The van der Waals surface area contributed by atoms with Crippen molar-refractivity contribution in [3.63, 3.8) is 0 Å². The van der Waals surface area contributed by atoms with Crippen LogP contribution in [-0.4, -0.2) is 49.2 Å². The number of carbonyl (C=O) groups is 1. The smallest absolute Gasteiger partial charge is 0.225 e. The van der Waals surface area contributed by atoms with Gasteiger partial charge in [-0.3, -0.25) is 4.79 Å². The largest absolute Gasteiger partial charge is 0.497 e.